The molecule has 1 aliphatic rings. The summed E-state index contributed by atoms with van der Waals surface area (Å²) < 4.78 is 1.88. The zero-order valence-corrected chi connectivity index (χ0v) is 11.9. The van der Waals surface area contributed by atoms with Crippen molar-refractivity contribution >= 4 is 28.6 Å². The fourth-order valence-electron chi connectivity index (χ4n) is 2.74. The zero-order valence-electron chi connectivity index (χ0n) is 11.9. The van der Waals surface area contributed by atoms with E-state index in [1.54, 1.807) is 12.1 Å². The van der Waals surface area contributed by atoms with E-state index in [1.807, 2.05) is 28.8 Å². The molecule has 1 aliphatic heterocycles. The van der Waals surface area contributed by atoms with Crippen LogP contribution in [0.25, 0.3) is 11.0 Å². The highest BCUT2D eigenvalue weighted by atomic mass is 16.6. The topological polar surface area (TPSA) is 111 Å². The molecule has 0 radical (unpaired) electrons. The van der Waals surface area contributed by atoms with Crippen LogP contribution < -0.4 is 11.1 Å². The highest BCUT2D eigenvalue weighted by Gasteiger charge is 2.25. The van der Waals surface area contributed by atoms with Crippen LogP contribution in [0, 0.1) is 10.1 Å². The Labute approximate surface area is 130 Å². The van der Waals surface area contributed by atoms with Gasteiger partial charge in [0.2, 0.25) is 5.95 Å². The Hall–Kier alpha value is -3.42. The molecule has 0 spiro atoms. The average molecular weight is 308 g/mol. The van der Waals surface area contributed by atoms with Gasteiger partial charge in [0.25, 0.3) is 5.69 Å². The van der Waals surface area contributed by atoms with Gasteiger partial charge in [-0.3, -0.25) is 20.0 Å². The molecule has 1 aromatic heterocycles. The molecule has 0 unspecified atom stereocenters. The van der Waals surface area contributed by atoms with E-state index in [2.05, 4.69) is 15.3 Å². The van der Waals surface area contributed by atoms with Gasteiger partial charge in [-0.1, -0.05) is 24.3 Å². The Bertz CT molecular complexity index is 962. The van der Waals surface area contributed by atoms with Crippen LogP contribution in [0.4, 0.5) is 11.6 Å². The van der Waals surface area contributed by atoms with Crippen molar-refractivity contribution in [1.82, 2.24) is 9.55 Å². The molecule has 0 fully saturated rings. The standard InChI is InChI=1S/C15H12N6O2/c16-14-18-13(9-4-3-5-10(8-9)21(22)23)20-12-7-2-1-6-11(12)17-15(20)19-14/h1-8,13H,(H3,16,17,18,19)/t13-/m0/s1. The smallest absolute Gasteiger partial charge is 0.269 e. The number of para-hydroxylation sites is 2. The molecule has 0 saturated carbocycles. The third-order valence-electron chi connectivity index (χ3n) is 3.72. The Morgan fingerprint density at radius 2 is 2.04 bits per heavy atom. The number of fused-ring (bicyclic) bond motifs is 3. The number of nitro benzene ring substituents is 1. The SMILES string of the molecule is NC1=N[C@H](c2cccc([N+](=O)[O-])c2)n2c(nc3ccccc32)N1. The second-order valence-electron chi connectivity index (χ2n) is 5.16. The first-order valence-corrected chi connectivity index (χ1v) is 6.95. The number of nitrogens with zero attached hydrogens (tertiary/aromatic N) is 4. The van der Waals surface area contributed by atoms with Gasteiger partial charge in [-0.25, -0.2) is 9.98 Å². The van der Waals surface area contributed by atoms with Crippen LogP contribution in [-0.4, -0.2) is 20.4 Å². The highest BCUT2D eigenvalue weighted by Crippen LogP contribution is 2.33. The number of hydrogen-bond acceptors (Lipinski definition) is 6. The summed E-state index contributed by atoms with van der Waals surface area (Å²) in [6, 6.07) is 14.0. The van der Waals surface area contributed by atoms with E-state index < -0.39 is 11.1 Å². The second-order valence-corrected chi connectivity index (χ2v) is 5.16. The molecule has 8 heteroatoms. The minimum absolute atomic E-state index is 0.0146. The number of nitro groups is 1. The van der Waals surface area contributed by atoms with E-state index in [4.69, 9.17) is 5.73 Å². The Balaban J connectivity index is 1.93. The number of nitrogens with two attached hydrogens (primary N) is 1. The summed E-state index contributed by atoms with van der Waals surface area (Å²) in [5, 5.41) is 14.0. The van der Waals surface area contributed by atoms with Gasteiger partial charge in [-0.15, -0.1) is 0 Å². The van der Waals surface area contributed by atoms with Crippen molar-refractivity contribution in [3.05, 3.63) is 64.2 Å². The minimum atomic E-state index is -0.501. The van der Waals surface area contributed by atoms with Crippen molar-refractivity contribution in [3.63, 3.8) is 0 Å². The first kappa shape index (κ1) is 13.3. The Morgan fingerprint density at radius 3 is 2.87 bits per heavy atom. The molecule has 8 nitrogen and oxygen atoms in total. The van der Waals surface area contributed by atoms with Crippen molar-refractivity contribution in [2.45, 2.75) is 6.17 Å². The maximum absolute atomic E-state index is 11.0. The maximum atomic E-state index is 11.0. The fraction of sp³-hybridized carbons (Fsp3) is 0.0667. The van der Waals surface area contributed by atoms with Gasteiger partial charge < -0.3 is 5.73 Å². The van der Waals surface area contributed by atoms with Crippen molar-refractivity contribution in [3.8, 4) is 0 Å². The number of imidazole rings is 1. The van der Waals surface area contributed by atoms with Crippen molar-refractivity contribution in [1.29, 1.82) is 0 Å². The summed E-state index contributed by atoms with van der Waals surface area (Å²) in [5.74, 6) is 0.791. The number of aliphatic imine (C=N–C) groups is 1. The van der Waals surface area contributed by atoms with Crippen LogP contribution in [0.15, 0.2) is 53.5 Å². The van der Waals surface area contributed by atoms with Gasteiger partial charge in [0.1, 0.15) is 0 Å². The molecule has 0 aliphatic carbocycles. The van der Waals surface area contributed by atoms with Crippen LogP contribution in [0.5, 0.6) is 0 Å². The van der Waals surface area contributed by atoms with Crippen LogP contribution in [-0.2, 0) is 0 Å². The van der Waals surface area contributed by atoms with Gasteiger partial charge >= 0.3 is 0 Å². The minimum Gasteiger partial charge on any atom is -0.370 e. The second kappa shape index (κ2) is 4.80. The number of aromatic nitrogens is 2. The summed E-state index contributed by atoms with van der Waals surface area (Å²) >= 11 is 0. The number of anilines is 1. The summed E-state index contributed by atoms with van der Waals surface area (Å²) in [6.07, 6.45) is -0.501. The molecule has 1 atom stereocenters. The maximum Gasteiger partial charge on any atom is 0.269 e. The molecule has 3 N–H and O–H groups in total. The molecule has 2 heterocycles. The normalized spacial score (nSPS) is 16.5. The lowest BCUT2D eigenvalue weighted by atomic mass is 10.1. The quantitative estimate of drug-likeness (QED) is 0.557. The van der Waals surface area contributed by atoms with Gasteiger partial charge in [0.05, 0.1) is 16.0 Å². The first-order valence-electron chi connectivity index (χ1n) is 6.95. The van der Waals surface area contributed by atoms with Gasteiger partial charge in [-0.2, -0.15) is 0 Å². The predicted molar refractivity (Wildman–Crippen MR) is 86.2 cm³/mol. The predicted octanol–water partition coefficient (Wildman–Crippen LogP) is 2.23. The zero-order chi connectivity index (χ0) is 16.0. The number of rotatable bonds is 2. The molecule has 2 aromatic carbocycles. The number of benzene rings is 2. The number of hydrogen-bond donors (Lipinski definition) is 2. The van der Waals surface area contributed by atoms with Crippen LogP contribution in [0.3, 0.4) is 0 Å². The number of guanidine groups is 1. The fourth-order valence-corrected chi connectivity index (χ4v) is 2.74. The molecule has 0 saturated heterocycles. The van der Waals surface area contributed by atoms with E-state index in [1.165, 1.54) is 12.1 Å². The van der Waals surface area contributed by atoms with Gasteiger partial charge in [-0.05, 0) is 12.1 Å². The van der Waals surface area contributed by atoms with Gasteiger partial charge in [0, 0.05) is 17.7 Å². The molecule has 4 rings (SSSR count). The molecule has 114 valence electrons. The largest absolute Gasteiger partial charge is 0.370 e. The molecule has 0 bridgehead atoms. The number of nitrogens with one attached hydrogen (secondary N) is 1. The van der Waals surface area contributed by atoms with E-state index in [9.17, 15) is 10.1 Å². The first-order chi connectivity index (χ1) is 11.1. The van der Waals surface area contributed by atoms with E-state index in [0.717, 1.165) is 11.0 Å². The molecule has 0 amide bonds. The van der Waals surface area contributed by atoms with Crippen molar-refractivity contribution < 1.29 is 4.92 Å². The molecule has 3 aromatic rings. The van der Waals surface area contributed by atoms with Crippen LogP contribution in [0.1, 0.15) is 11.7 Å². The lowest BCUT2D eigenvalue weighted by molar-refractivity contribution is -0.384. The molecular formula is C15H12N6O2. The molecule has 23 heavy (non-hydrogen) atoms. The number of non-ortho nitro benzene ring substituents is 1. The summed E-state index contributed by atoms with van der Waals surface area (Å²) in [5.41, 5.74) is 8.22. The lowest BCUT2D eigenvalue weighted by Crippen LogP contribution is -2.31. The summed E-state index contributed by atoms with van der Waals surface area (Å²) in [4.78, 5) is 19.5. The third kappa shape index (κ3) is 2.08. The molecular weight excluding hydrogens is 296 g/mol. The summed E-state index contributed by atoms with van der Waals surface area (Å²) in [6.45, 7) is 0. The van der Waals surface area contributed by atoms with Gasteiger partial charge in [0.15, 0.2) is 12.1 Å². The van der Waals surface area contributed by atoms with Crippen molar-refractivity contribution in [2.24, 2.45) is 10.7 Å². The van der Waals surface area contributed by atoms with E-state index >= 15 is 0 Å². The van der Waals surface area contributed by atoms with Crippen molar-refractivity contribution in [2.75, 3.05) is 5.32 Å². The average Bonchev–Trinajstić information content (AvgIpc) is 2.92. The van der Waals surface area contributed by atoms with E-state index in [-0.39, 0.29) is 11.6 Å². The Morgan fingerprint density at radius 1 is 1.22 bits per heavy atom. The van der Waals surface area contributed by atoms with Crippen LogP contribution >= 0.6 is 0 Å². The monoisotopic (exact) mass is 308 g/mol. The summed E-state index contributed by atoms with van der Waals surface area (Å²) in [7, 11) is 0. The third-order valence-corrected chi connectivity index (χ3v) is 3.72. The highest BCUT2D eigenvalue weighted by molar-refractivity contribution is 5.94. The Kier molecular flexibility index (Phi) is 2.77. The van der Waals surface area contributed by atoms with Crippen LogP contribution in [0.2, 0.25) is 0 Å². The van der Waals surface area contributed by atoms with E-state index in [0.29, 0.717) is 11.5 Å². The lowest BCUT2D eigenvalue weighted by Gasteiger charge is -2.23.